The van der Waals surface area contributed by atoms with Crippen LogP contribution in [0.2, 0.25) is 0 Å². The fourth-order valence-corrected chi connectivity index (χ4v) is 5.24. The first-order chi connectivity index (χ1) is 18.0. The van der Waals surface area contributed by atoms with Gasteiger partial charge in [0.05, 0.1) is 11.7 Å². The Kier molecular flexibility index (Phi) is 7.44. The standard InChI is InChI=1S/C33H36N4/c1-25-15-18-29(19-16-25)20-17-26(2)35-21-23-36(24-22-35)28(4)33-34-32-14-10-9-13-31(32)27(3)37(33)30-11-7-5-6-8-12-30/h7,9-16,18-19,28H,2-3,8,17,20-24H2,1,4H3. The molecule has 0 bridgehead atoms. The smallest absolute Gasteiger partial charge is 0.131 e. The van der Waals surface area contributed by atoms with Crippen molar-refractivity contribution in [3.63, 3.8) is 0 Å². The van der Waals surface area contributed by atoms with Crippen LogP contribution in [0.4, 0.5) is 5.69 Å². The van der Waals surface area contributed by atoms with Crippen LogP contribution in [0, 0.1) is 18.8 Å². The number of hydrogen-bond donors (Lipinski definition) is 0. The van der Waals surface area contributed by atoms with E-state index in [2.05, 4.69) is 108 Å². The van der Waals surface area contributed by atoms with Gasteiger partial charge in [-0.1, -0.05) is 73.0 Å². The van der Waals surface area contributed by atoms with Crippen LogP contribution in [0.15, 0.2) is 96.3 Å². The molecule has 2 heterocycles. The van der Waals surface area contributed by atoms with Gasteiger partial charge in [0.15, 0.2) is 0 Å². The van der Waals surface area contributed by atoms with E-state index in [1.807, 2.05) is 12.1 Å². The second kappa shape index (κ2) is 11.1. The first kappa shape index (κ1) is 24.9. The highest BCUT2D eigenvalue weighted by atomic mass is 15.3. The molecule has 1 aliphatic carbocycles. The van der Waals surface area contributed by atoms with Crippen molar-refractivity contribution in [2.75, 3.05) is 26.2 Å². The van der Waals surface area contributed by atoms with Gasteiger partial charge in [-0.05, 0) is 56.5 Å². The van der Waals surface area contributed by atoms with E-state index in [9.17, 15) is 0 Å². The lowest BCUT2D eigenvalue weighted by Gasteiger charge is -2.43. The van der Waals surface area contributed by atoms with Crippen LogP contribution in [-0.2, 0) is 6.42 Å². The van der Waals surface area contributed by atoms with Crippen LogP contribution in [-0.4, -0.2) is 52.8 Å². The number of fused-ring (bicyclic) bond motifs is 1. The van der Waals surface area contributed by atoms with Crippen molar-refractivity contribution < 1.29 is 0 Å². The number of para-hydroxylation sites is 1. The normalized spacial score (nSPS) is 18.3. The number of aryl methyl sites for hydroxylation is 2. The van der Waals surface area contributed by atoms with Gasteiger partial charge < -0.3 is 4.90 Å². The molecule has 1 atom stereocenters. The summed E-state index contributed by atoms with van der Waals surface area (Å²) in [6.07, 6.45) is 8.94. The average Bonchev–Trinajstić information content (AvgIpc) is 3.21. The molecular weight excluding hydrogens is 452 g/mol. The number of piperazine rings is 1. The molecule has 5 rings (SSSR count). The first-order valence-corrected chi connectivity index (χ1v) is 13.3. The quantitative estimate of drug-likeness (QED) is 0.426. The van der Waals surface area contributed by atoms with E-state index in [0.717, 1.165) is 73.9 Å². The molecule has 0 spiro atoms. The summed E-state index contributed by atoms with van der Waals surface area (Å²) in [4.78, 5) is 12.4. The van der Waals surface area contributed by atoms with E-state index in [-0.39, 0.29) is 6.04 Å². The van der Waals surface area contributed by atoms with Crippen LogP contribution in [0.3, 0.4) is 0 Å². The molecule has 2 aromatic carbocycles. The number of benzene rings is 2. The molecule has 1 fully saturated rings. The monoisotopic (exact) mass is 488 g/mol. The molecule has 0 aromatic heterocycles. The van der Waals surface area contributed by atoms with Crippen molar-refractivity contribution in [3.05, 3.63) is 108 Å². The van der Waals surface area contributed by atoms with Gasteiger partial charge >= 0.3 is 0 Å². The van der Waals surface area contributed by atoms with E-state index in [1.54, 1.807) is 0 Å². The molecule has 4 nitrogen and oxygen atoms in total. The Morgan fingerprint density at radius 3 is 2.59 bits per heavy atom. The zero-order chi connectivity index (χ0) is 25.8. The summed E-state index contributed by atoms with van der Waals surface area (Å²) >= 11 is 0. The molecule has 4 heteroatoms. The van der Waals surface area contributed by atoms with Crippen LogP contribution in [0.5, 0.6) is 0 Å². The van der Waals surface area contributed by atoms with Gasteiger partial charge in [-0.25, -0.2) is 4.99 Å². The Bertz CT molecular complexity index is 1320. The largest absolute Gasteiger partial charge is 0.373 e. The van der Waals surface area contributed by atoms with E-state index in [4.69, 9.17) is 4.99 Å². The molecular formula is C33H36N4. The van der Waals surface area contributed by atoms with Crippen LogP contribution >= 0.6 is 0 Å². The summed E-state index contributed by atoms with van der Waals surface area (Å²) in [5, 5.41) is 0. The summed E-state index contributed by atoms with van der Waals surface area (Å²) in [6.45, 7) is 17.2. The zero-order valence-electron chi connectivity index (χ0n) is 22.1. The van der Waals surface area contributed by atoms with Crippen molar-refractivity contribution >= 4 is 17.2 Å². The van der Waals surface area contributed by atoms with E-state index in [0.29, 0.717) is 0 Å². The summed E-state index contributed by atoms with van der Waals surface area (Å²) in [5.74, 6) is 7.28. The van der Waals surface area contributed by atoms with Crippen LogP contribution in [0.25, 0.3) is 5.70 Å². The maximum absolute atomic E-state index is 5.17. The molecule has 1 unspecified atom stereocenters. The summed E-state index contributed by atoms with van der Waals surface area (Å²) < 4.78 is 0. The zero-order valence-corrected chi connectivity index (χ0v) is 22.1. The molecule has 3 aliphatic rings. The SMILES string of the molecule is C=C(CCc1ccc(C)cc1)N1CCN(C(C)C2=Nc3ccccc3C(=C)N2C2=CCC#CC=C2)CC1. The number of hydrogen-bond acceptors (Lipinski definition) is 4. The van der Waals surface area contributed by atoms with Gasteiger partial charge in [-0.2, -0.15) is 0 Å². The van der Waals surface area contributed by atoms with Gasteiger partial charge in [0.2, 0.25) is 0 Å². The third kappa shape index (κ3) is 5.48. The maximum Gasteiger partial charge on any atom is 0.131 e. The van der Waals surface area contributed by atoms with Gasteiger partial charge in [-0.15, -0.1) is 0 Å². The number of amidine groups is 1. The van der Waals surface area contributed by atoms with E-state index >= 15 is 0 Å². The molecule has 0 amide bonds. The minimum atomic E-state index is 0.145. The Morgan fingerprint density at radius 1 is 1.05 bits per heavy atom. The molecule has 2 aliphatic heterocycles. The predicted octanol–water partition coefficient (Wildman–Crippen LogP) is 6.31. The van der Waals surface area contributed by atoms with E-state index < -0.39 is 0 Å². The Balaban J connectivity index is 1.28. The van der Waals surface area contributed by atoms with Crippen molar-refractivity contribution in [2.45, 2.75) is 39.2 Å². The second-order valence-electron chi connectivity index (χ2n) is 10.0. The highest BCUT2D eigenvalue weighted by Crippen LogP contribution is 2.37. The Labute approximate surface area is 222 Å². The lowest BCUT2D eigenvalue weighted by atomic mass is 10.0. The molecule has 1 saturated heterocycles. The predicted molar refractivity (Wildman–Crippen MR) is 155 cm³/mol. The van der Waals surface area contributed by atoms with Crippen molar-refractivity contribution in [2.24, 2.45) is 4.99 Å². The number of aliphatic imine (C=N–C) groups is 1. The van der Waals surface area contributed by atoms with E-state index in [1.165, 1.54) is 16.8 Å². The Hall–Kier alpha value is -3.81. The van der Waals surface area contributed by atoms with Crippen molar-refractivity contribution in [1.29, 1.82) is 0 Å². The summed E-state index contributed by atoms with van der Waals surface area (Å²) in [6, 6.07) is 17.3. The molecule has 0 N–H and O–H groups in total. The summed E-state index contributed by atoms with van der Waals surface area (Å²) in [5.41, 5.74) is 8.03. The fraction of sp³-hybridized carbons (Fsp3) is 0.303. The maximum atomic E-state index is 5.17. The fourth-order valence-electron chi connectivity index (χ4n) is 5.24. The first-order valence-electron chi connectivity index (χ1n) is 13.3. The number of nitrogens with zero attached hydrogens (tertiary/aromatic N) is 4. The molecule has 0 saturated carbocycles. The average molecular weight is 489 g/mol. The molecule has 37 heavy (non-hydrogen) atoms. The molecule has 188 valence electrons. The lowest BCUT2D eigenvalue weighted by Crippen LogP contribution is -2.54. The van der Waals surface area contributed by atoms with Crippen LogP contribution in [0.1, 0.15) is 36.5 Å². The number of rotatable bonds is 7. The lowest BCUT2D eigenvalue weighted by molar-refractivity contribution is 0.142. The van der Waals surface area contributed by atoms with Gasteiger partial charge in [0.1, 0.15) is 5.84 Å². The third-order valence-electron chi connectivity index (χ3n) is 7.57. The molecule has 2 aromatic rings. The van der Waals surface area contributed by atoms with Crippen LogP contribution < -0.4 is 0 Å². The van der Waals surface area contributed by atoms with Crippen molar-refractivity contribution in [3.8, 4) is 11.8 Å². The second-order valence-corrected chi connectivity index (χ2v) is 10.0. The van der Waals surface area contributed by atoms with Gasteiger partial charge in [-0.3, -0.25) is 9.80 Å². The van der Waals surface area contributed by atoms with Gasteiger partial charge in [0.25, 0.3) is 0 Å². The number of allylic oxidation sites excluding steroid dienone is 4. The highest BCUT2D eigenvalue weighted by Gasteiger charge is 2.33. The molecule has 0 radical (unpaired) electrons. The topological polar surface area (TPSA) is 22.1 Å². The summed E-state index contributed by atoms with van der Waals surface area (Å²) in [7, 11) is 0. The van der Waals surface area contributed by atoms with Crippen molar-refractivity contribution in [1.82, 2.24) is 14.7 Å². The van der Waals surface area contributed by atoms with Gasteiger partial charge in [0, 0.05) is 55.3 Å². The minimum absolute atomic E-state index is 0.145. The minimum Gasteiger partial charge on any atom is -0.373 e. The highest BCUT2D eigenvalue weighted by molar-refractivity contribution is 6.02. The Morgan fingerprint density at radius 2 is 1.81 bits per heavy atom. The third-order valence-corrected chi connectivity index (χ3v) is 7.57.